The first-order chi connectivity index (χ1) is 13.0. The average Bonchev–Trinajstić information content (AvgIpc) is 3.04. The van der Waals surface area contributed by atoms with Gasteiger partial charge in [-0.1, -0.05) is 19.3 Å². The Morgan fingerprint density at radius 3 is 2.56 bits per heavy atom. The van der Waals surface area contributed by atoms with E-state index in [1.54, 1.807) is 0 Å². The van der Waals surface area contributed by atoms with E-state index in [-0.39, 0.29) is 11.5 Å². The van der Waals surface area contributed by atoms with Gasteiger partial charge in [-0.3, -0.25) is 9.89 Å². The van der Waals surface area contributed by atoms with Gasteiger partial charge in [-0.2, -0.15) is 0 Å². The Kier molecular flexibility index (Phi) is 7.39. The standard InChI is InChI=1S/C19H36N4O3S/c1-2-20-18(21-14-17-6-13-27(24,25)15-17)22-16-19(7-4-3-5-8-19)23-9-11-26-12-10-23/h17H,2-16H2,1H3,(H2,20,21,22). The van der Waals surface area contributed by atoms with E-state index in [0.29, 0.717) is 18.1 Å². The third-order valence-electron chi connectivity index (χ3n) is 6.23. The van der Waals surface area contributed by atoms with Crippen LogP contribution in [0, 0.1) is 5.92 Å². The maximum absolute atomic E-state index is 11.7. The van der Waals surface area contributed by atoms with Crippen molar-refractivity contribution in [1.82, 2.24) is 15.5 Å². The zero-order chi connectivity index (χ0) is 19.2. The molecule has 3 fully saturated rings. The molecular weight excluding hydrogens is 364 g/mol. The van der Waals surface area contributed by atoms with Gasteiger partial charge >= 0.3 is 0 Å². The minimum Gasteiger partial charge on any atom is -0.379 e. The van der Waals surface area contributed by atoms with Gasteiger partial charge in [-0.25, -0.2) is 8.42 Å². The molecule has 27 heavy (non-hydrogen) atoms. The lowest BCUT2D eigenvalue weighted by atomic mass is 9.80. The molecule has 3 rings (SSSR count). The van der Waals surface area contributed by atoms with Crippen molar-refractivity contribution in [2.75, 3.05) is 57.4 Å². The Hall–Kier alpha value is -0.860. The molecule has 2 aliphatic heterocycles. The summed E-state index contributed by atoms with van der Waals surface area (Å²) >= 11 is 0. The van der Waals surface area contributed by atoms with Gasteiger partial charge in [0.15, 0.2) is 15.8 Å². The van der Waals surface area contributed by atoms with Gasteiger partial charge in [0.25, 0.3) is 0 Å². The van der Waals surface area contributed by atoms with Crippen LogP contribution in [-0.4, -0.2) is 82.3 Å². The SMILES string of the molecule is CCNC(=NCC1(N2CCOCC2)CCCCC1)NCC1CCS(=O)(=O)C1. The van der Waals surface area contributed by atoms with E-state index in [1.165, 1.54) is 32.1 Å². The Morgan fingerprint density at radius 1 is 1.19 bits per heavy atom. The summed E-state index contributed by atoms with van der Waals surface area (Å²) in [5.41, 5.74) is 0.154. The fraction of sp³-hybridized carbons (Fsp3) is 0.947. The first-order valence-corrected chi connectivity index (χ1v) is 12.4. The van der Waals surface area contributed by atoms with Gasteiger partial charge in [0.2, 0.25) is 0 Å². The van der Waals surface area contributed by atoms with Crippen LogP contribution in [0.3, 0.4) is 0 Å². The summed E-state index contributed by atoms with van der Waals surface area (Å²) in [5.74, 6) is 1.64. The van der Waals surface area contributed by atoms with Crippen molar-refractivity contribution < 1.29 is 13.2 Å². The van der Waals surface area contributed by atoms with Crippen LogP contribution < -0.4 is 10.6 Å². The van der Waals surface area contributed by atoms with E-state index in [1.807, 2.05) is 0 Å². The number of hydrogen-bond donors (Lipinski definition) is 2. The molecule has 0 bridgehead atoms. The smallest absolute Gasteiger partial charge is 0.191 e. The van der Waals surface area contributed by atoms with Crippen molar-refractivity contribution in [3.63, 3.8) is 0 Å². The highest BCUT2D eigenvalue weighted by atomic mass is 32.2. The van der Waals surface area contributed by atoms with Gasteiger partial charge < -0.3 is 15.4 Å². The lowest BCUT2D eigenvalue weighted by Gasteiger charge is -2.47. The number of aliphatic imine (C=N–C) groups is 1. The summed E-state index contributed by atoms with van der Waals surface area (Å²) in [7, 11) is -2.83. The number of morpholine rings is 1. The Morgan fingerprint density at radius 2 is 1.93 bits per heavy atom. The maximum Gasteiger partial charge on any atom is 0.191 e. The molecule has 8 heteroatoms. The summed E-state index contributed by atoms with van der Waals surface area (Å²) in [6.45, 7) is 7.98. The van der Waals surface area contributed by atoms with Gasteiger partial charge in [-0.15, -0.1) is 0 Å². The molecule has 1 aliphatic carbocycles. The Bertz CT molecular complexity index is 596. The molecule has 0 aromatic heterocycles. The highest BCUT2D eigenvalue weighted by molar-refractivity contribution is 7.91. The van der Waals surface area contributed by atoms with E-state index in [0.717, 1.165) is 51.8 Å². The van der Waals surface area contributed by atoms with Crippen LogP contribution in [0.15, 0.2) is 4.99 Å². The zero-order valence-electron chi connectivity index (χ0n) is 16.7. The summed E-state index contributed by atoms with van der Waals surface area (Å²) in [6.07, 6.45) is 7.04. The summed E-state index contributed by atoms with van der Waals surface area (Å²) < 4.78 is 28.9. The average molecular weight is 401 g/mol. The van der Waals surface area contributed by atoms with Crippen LogP contribution in [0.25, 0.3) is 0 Å². The first kappa shape index (κ1) is 20.9. The van der Waals surface area contributed by atoms with Crippen LogP contribution in [0.1, 0.15) is 45.4 Å². The van der Waals surface area contributed by atoms with E-state index < -0.39 is 9.84 Å². The Balaban J connectivity index is 1.62. The molecule has 156 valence electrons. The molecule has 2 saturated heterocycles. The van der Waals surface area contributed by atoms with Crippen molar-refractivity contribution in [1.29, 1.82) is 0 Å². The van der Waals surface area contributed by atoms with Crippen molar-refractivity contribution in [2.24, 2.45) is 10.9 Å². The predicted molar refractivity (Wildman–Crippen MR) is 109 cm³/mol. The fourth-order valence-corrected chi connectivity index (χ4v) is 6.53. The van der Waals surface area contributed by atoms with Crippen LogP contribution in [0.5, 0.6) is 0 Å². The topological polar surface area (TPSA) is 83.0 Å². The minimum absolute atomic E-state index is 0.154. The number of guanidine groups is 1. The van der Waals surface area contributed by atoms with Crippen molar-refractivity contribution in [3.8, 4) is 0 Å². The monoisotopic (exact) mass is 400 g/mol. The normalized spacial score (nSPS) is 28.8. The molecule has 2 heterocycles. The highest BCUT2D eigenvalue weighted by Gasteiger charge is 2.38. The molecule has 3 aliphatic rings. The van der Waals surface area contributed by atoms with E-state index >= 15 is 0 Å². The predicted octanol–water partition coefficient (Wildman–Crippen LogP) is 1.01. The highest BCUT2D eigenvalue weighted by Crippen LogP contribution is 2.34. The minimum atomic E-state index is -2.83. The fourth-order valence-electron chi connectivity index (χ4n) is 4.66. The number of nitrogens with one attached hydrogen (secondary N) is 2. The van der Waals surface area contributed by atoms with Gasteiger partial charge in [-0.05, 0) is 32.1 Å². The number of nitrogens with zero attached hydrogens (tertiary/aromatic N) is 2. The molecule has 0 amide bonds. The molecular formula is C19H36N4O3S. The second kappa shape index (κ2) is 9.56. The van der Waals surface area contributed by atoms with Gasteiger partial charge in [0, 0.05) is 31.7 Å². The molecule has 1 unspecified atom stereocenters. The summed E-state index contributed by atoms with van der Waals surface area (Å²) in [6, 6.07) is 0. The summed E-state index contributed by atoms with van der Waals surface area (Å²) in [5, 5.41) is 6.72. The zero-order valence-corrected chi connectivity index (χ0v) is 17.5. The van der Waals surface area contributed by atoms with Crippen molar-refractivity contribution in [2.45, 2.75) is 51.0 Å². The molecule has 7 nitrogen and oxygen atoms in total. The van der Waals surface area contributed by atoms with Crippen molar-refractivity contribution in [3.05, 3.63) is 0 Å². The van der Waals surface area contributed by atoms with Crippen LogP contribution in [-0.2, 0) is 14.6 Å². The van der Waals surface area contributed by atoms with E-state index in [4.69, 9.17) is 9.73 Å². The molecule has 0 radical (unpaired) electrons. The second-order valence-corrected chi connectivity index (χ2v) is 10.5. The number of ether oxygens (including phenoxy) is 1. The van der Waals surface area contributed by atoms with Crippen LogP contribution in [0.4, 0.5) is 0 Å². The number of sulfone groups is 1. The molecule has 1 saturated carbocycles. The number of rotatable bonds is 6. The molecule has 0 aromatic rings. The molecule has 0 spiro atoms. The molecule has 1 atom stereocenters. The number of hydrogen-bond acceptors (Lipinski definition) is 5. The molecule has 2 N–H and O–H groups in total. The van der Waals surface area contributed by atoms with Crippen LogP contribution >= 0.6 is 0 Å². The van der Waals surface area contributed by atoms with E-state index in [2.05, 4.69) is 22.5 Å². The molecule has 0 aromatic carbocycles. The Labute approximate surface area is 164 Å². The lowest BCUT2D eigenvalue weighted by Crippen LogP contribution is -2.56. The summed E-state index contributed by atoms with van der Waals surface area (Å²) in [4.78, 5) is 7.55. The lowest BCUT2D eigenvalue weighted by molar-refractivity contribution is -0.0333. The van der Waals surface area contributed by atoms with E-state index in [9.17, 15) is 8.42 Å². The second-order valence-electron chi connectivity index (χ2n) is 8.23. The quantitative estimate of drug-likeness (QED) is 0.511. The van der Waals surface area contributed by atoms with Gasteiger partial charge in [0.05, 0.1) is 31.3 Å². The maximum atomic E-state index is 11.7. The van der Waals surface area contributed by atoms with Crippen LogP contribution in [0.2, 0.25) is 0 Å². The third-order valence-corrected chi connectivity index (χ3v) is 8.06. The van der Waals surface area contributed by atoms with Crippen molar-refractivity contribution >= 4 is 15.8 Å². The third kappa shape index (κ3) is 5.81. The first-order valence-electron chi connectivity index (χ1n) is 10.6. The largest absolute Gasteiger partial charge is 0.379 e. The van der Waals surface area contributed by atoms with Gasteiger partial charge in [0.1, 0.15) is 0 Å².